The van der Waals surface area contributed by atoms with Crippen molar-refractivity contribution in [3.05, 3.63) is 23.2 Å². The van der Waals surface area contributed by atoms with Crippen LogP contribution in [-0.4, -0.2) is 25.5 Å². The Morgan fingerprint density at radius 2 is 2.05 bits per heavy atom. The number of benzene rings is 1. The lowest BCUT2D eigenvalue weighted by Crippen LogP contribution is -2.40. The second kappa shape index (κ2) is 6.35. The highest BCUT2D eigenvalue weighted by Crippen LogP contribution is 2.47. The zero-order valence-electron chi connectivity index (χ0n) is 12.2. The summed E-state index contributed by atoms with van der Waals surface area (Å²) in [4.78, 5) is 24.4. The molecule has 1 aromatic carbocycles. The molecule has 114 valence electrons. The van der Waals surface area contributed by atoms with Gasteiger partial charge in [-0.2, -0.15) is 0 Å². The molecule has 0 atom stereocenters. The molecular formula is C15H19ClN2O3. The van der Waals surface area contributed by atoms with Crippen LogP contribution in [0.3, 0.4) is 0 Å². The molecular weight excluding hydrogens is 292 g/mol. The molecule has 6 heteroatoms. The van der Waals surface area contributed by atoms with Crippen LogP contribution in [0.1, 0.15) is 26.2 Å². The summed E-state index contributed by atoms with van der Waals surface area (Å²) in [7, 11) is 1.52. The Morgan fingerprint density at radius 1 is 1.33 bits per heavy atom. The van der Waals surface area contributed by atoms with Gasteiger partial charge in [0.1, 0.15) is 11.2 Å². The number of halogens is 1. The largest absolute Gasteiger partial charge is 0.495 e. The van der Waals surface area contributed by atoms with Crippen molar-refractivity contribution in [1.82, 2.24) is 5.32 Å². The first-order valence-corrected chi connectivity index (χ1v) is 7.34. The molecule has 0 aromatic heterocycles. The molecule has 5 nitrogen and oxygen atoms in total. The molecule has 0 unspecified atom stereocenters. The first kappa shape index (κ1) is 15.6. The van der Waals surface area contributed by atoms with Gasteiger partial charge in [0.2, 0.25) is 11.8 Å². The van der Waals surface area contributed by atoms with Gasteiger partial charge in [-0.3, -0.25) is 9.59 Å². The highest BCUT2D eigenvalue weighted by atomic mass is 35.5. The van der Waals surface area contributed by atoms with E-state index in [1.807, 2.05) is 6.92 Å². The Bertz CT molecular complexity index is 556. The van der Waals surface area contributed by atoms with Gasteiger partial charge in [-0.1, -0.05) is 18.5 Å². The summed E-state index contributed by atoms with van der Waals surface area (Å²) >= 11 is 6.02. The van der Waals surface area contributed by atoms with Crippen molar-refractivity contribution in [2.24, 2.45) is 5.41 Å². The molecule has 2 rings (SSSR count). The summed E-state index contributed by atoms with van der Waals surface area (Å²) in [5.74, 6) is 0.0651. The number of hydrogen-bond donors (Lipinski definition) is 2. The molecule has 0 aliphatic heterocycles. The average Bonchev–Trinajstić information content (AvgIpc) is 3.26. The van der Waals surface area contributed by atoms with Gasteiger partial charge in [-0.15, -0.1) is 0 Å². The minimum absolute atomic E-state index is 0.193. The number of ether oxygens (including phenoxy) is 1. The normalized spacial score (nSPS) is 15.2. The predicted octanol–water partition coefficient (Wildman–Crippen LogP) is 2.59. The fraction of sp³-hybridized carbons (Fsp3) is 0.467. The fourth-order valence-corrected chi connectivity index (χ4v) is 2.34. The Balaban J connectivity index is 2.04. The molecule has 0 saturated heterocycles. The van der Waals surface area contributed by atoms with Gasteiger partial charge in [0.15, 0.2) is 0 Å². The lowest BCUT2D eigenvalue weighted by atomic mass is 10.0. The SMILES string of the molecule is CCCNC(=O)C1(C(=O)Nc2ccc(OC)c(Cl)c2)CC1. The summed E-state index contributed by atoms with van der Waals surface area (Å²) in [5.41, 5.74) is -0.359. The van der Waals surface area contributed by atoms with Crippen molar-refractivity contribution in [1.29, 1.82) is 0 Å². The van der Waals surface area contributed by atoms with Gasteiger partial charge in [0, 0.05) is 12.2 Å². The minimum Gasteiger partial charge on any atom is -0.495 e. The third-order valence-electron chi connectivity index (χ3n) is 3.56. The molecule has 1 aliphatic rings. The molecule has 21 heavy (non-hydrogen) atoms. The van der Waals surface area contributed by atoms with Crippen molar-refractivity contribution >= 4 is 29.1 Å². The van der Waals surface area contributed by atoms with Gasteiger partial charge in [0.25, 0.3) is 0 Å². The molecule has 0 heterocycles. The van der Waals surface area contributed by atoms with E-state index in [0.29, 0.717) is 35.8 Å². The molecule has 1 aliphatic carbocycles. The summed E-state index contributed by atoms with van der Waals surface area (Å²) in [6.07, 6.45) is 2.01. The van der Waals surface area contributed by atoms with Crippen LogP contribution in [-0.2, 0) is 9.59 Å². The molecule has 1 saturated carbocycles. The molecule has 2 amide bonds. The topological polar surface area (TPSA) is 67.4 Å². The number of carbonyl (C=O) groups is 2. The number of methoxy groups -OCH3 is 1. The van der Waals surface area contributed by atoms with Crippen LogP contribution in [0.15, 0.2) is 18.2 Å². The second-order valence-corrected chi connectivity index (χ2v) is 5.55. The summed E-state index contributed by atoms with van der Waals surface area (Å²) in [6, 6.07) is 4.98. The predicted molar refractivity (Wildman–Crippen MR) is 81.6 cm³/mol. The van der Waals surface area contributed by atoms with E-state index in [1.165, 1.54) is 7.11 Å². The Morgan fingerprint density at radius 3 is 2.57 bits per heavy atom. The maximum absolute atomic E-state index is 12.3. The maximum atomic E-state index is 12.3. The average molecular weight is 311 g/mol. The van der Waals surface area contributed by atoms with Gasteiger partial charge < -0.3 is 15.4 Å². The number of rotatable bonds is 6. The number of nitrogens with one attached hydrogen (secondary N) is 2. The summed E-state index contributed by atoms with van der Waals surface area (Å²) in [6.45, 7) is 2.56. The monoisotopic (exact) mass is 310 g/mol. The highest BCUT2D eigenvalue weighted by Gasteiger charge is 2.56. The van der Waals surface area contributed by atoms with Crippen LogP contribution >= 0.6 is 11.6 Å². The number of hydrogen-bond acceptors (Lipinski definition) is 3. The van der Waals surface area contributed by atoms with Crippen LogP contribution in [0.2, 0.25) is 5.02 Å². The van der Waals surface area contributed by atoms with Crippen molar-refractivity contribution in [3.63, 3.8) is 0 Å². The summed E-state index contributed by atoms with van der Waals surface area (Å²) < 4.78 is 5.06. The Labute approximate surface area is 129 Å². The standard InChI is InChI=1S/C15H19ClN2O3/c1-3-8-17-13(19)15(6-7-15)14(20)18-10-4-5-12(21-2)11(16)9-10/h4-5,9H,3,6-8H2,1-2H3,(H,17,19)(H,18,20). The zero-order valence-corrected chi connectivity index (χ0v) is 12.9. The lowest BCUT2D eigenvalue weighted by Gasteiger charge is -2.15. The first-order valence-electron chi connectivity index (χ1n) is 6.97. The zero-order chi connectivity index (χ0) is 15.5. The molecule has 0 bridgehead atoms. The van der Waals surface area contributed by atoms with E-state index < -0.39 is 5.41 Å². The number of carbonyl (C=O) groups excluding carboxylic acids is 2. The smallest absolute Gasteiger partial charge is 0.240 e. The maximum Gasteiger partial charge on any atom is 0.240 e. The van der Waals surface area contributed by atoms with Gasteiger partial charge in [0.05, 0.1) is 12.1 Å². The van der Waals surface area contributed by atoms with Crippen molar-refractivity contribution < 1.29 is 14.3 Å². The van der Waals surface area contributed by atoms with E-state index in [0.717, 1.165) is 6.42 Å². The number of amides is 2. The Kier molecular flexibility index (Phi) is 4.73. The van der Waals surface area contributed by atoms with E-state index in [9.17, 15) is 9.59 Å². The van der Waals surface area contributed by atoms with Gasteiger partial charge in [-0.05, 0) is 37.5 Å². The van der Waals surface area contributed by atoms with Crippen molar-refractivity contribution in [2.75, 3.05) is 19.0 Å². The number of anilines is 1. The van der Waals surface area contributed by atoms with Crippen LogP contribution in [0, 0.1) is 5.41 Å². The Hall–Kier alpha value is -1.75. The first-order chi connectivity index (χ1) is 10.0. The van der Waals surface area contributed by atoms with Crippen LogP contribution in [0.25, 0.3) is 0 Å². The lowest BCUT2D eigenvalue weighted by molar-refractivity contribution is -0.134. The van der Waals surface area contributed by atoms with E-state index in [2.05, 4.69) is 10.6 Å². The quantitative estimate of drug-likeness (QED) is 0.794. The van der Waals surface area contributed by atoms with Crippen LogP contribution in [0.4, 0.5) is 5.69 Å². The molecule has 0 radical (unpaired) electrons. The van der Waals surface area contributed by atoms with Crippen molar-refractivity contribution in [2.45, 2.75) is 26.2 Å². The fourth-order valence-electron chi connectivity index (χ4n) is 2.08. The molecule has 1 aromatic rings. The minimum atomic E-state index is -0.915. The van der Waals surface area contributed by atoms with Crippen LogP contribution in [0.5, 0.6) is 5.75 Å². The third-order valence-corrected chi connectivity index (χ3v) is 3.86. The molecule has 2 N–H and O–H groups in total. The van der Waals surface area contributed by atoms with Gasteiger partial charge >= 0.3 is 0 Å². The van der Waals surface area contributed by atoms with Gasteiger partial charge in [-0.25, -0.2) is 0 Å². The van der Waals surface area contributed by atoms with E-state index >= 15 is 0 Å². The second-order valence-electron chi connectivity index (χ2n) is 5.14. The summed E-state index contributed by atoms with van der Waals surface area (Å²) in [5, 5.41) is 5.95. The molecule has 1 fully saturated rings. The van der Waals surface area contributed by atoms with Crippen LogP contribution < -0.4 is 15.4 Å². The van der Waals surface area contributed by atoms with E-state index in [-0.39, 0.29) is 11.8 Å². The highest BCUT2D eigenvalue weighted by molar-refractivity contribution is 6.32. The van der Waals surface area contributed by atoms with Crippen molar-refractivity contribution in [3.8, 4) is 5.75 Å². The van der Waals surface area contributed by atoms with E-state index in [4.69, 9.17) is 16.3 Å². The van der Waals surface area contributed by atoms with E-state index in [1.54, 1.807) is 18.2 Å². The molecule has 0 spiro atoms. The third kappa shape index (κ3) is 3.29.